The lowest BCUT2D eigenvalue weighted by Gasteiger charge is -2.16. The molecule has 0 aliphatic heterocycles. The number of nitrogens with zero attached hydrogens (tertiary/aromatic N) is 6. The molecule has 1 aliphatic carbocycles. The van der Waals surface area contributed by atoms with Gasteiger partial charge in [-0.2, -0.15) is 15.0 Å². The Bertz CT molecular complexity index is 2880. The van der Waals surface area contributed by atoms with Crippen LogP contribution in [0.3, 0.4) is 0 Å². The van der Waals surface area contributed by atoms with Crippen molar-refractivity contribution in [1.82, 2.24) is 28.7 Å². The van der Waals surface area contributed by atoms with E-state index in [1.807, 2.05) is 0 Å². The molecule has 0 saturated carbocycles. The predicted octanol–water partition coefficient (Wildman–Crippen LogP) is 11.1. The number of hydrogen-bond donors (Lipinski definition) is 0. The van der Waals surface area contributed by atoms with E-state index in [1.165, 1.54) is 10.9 Å². The molecule has 0 amide bonds. The molecule has 0 unspecified atom stereocenters. The molecule has 6 heteroatoms. The normalized spacial score (nSPS) is 12.8. The van der Waals surface area contributed by atoms with E-state index in [1.54, 1.807) is 0 Å². The molecule has 10 aromatic rings. The second-order valence-electron chi connectivity index (χ2n) is 13.2. The van der Waals surface area contributed by atoms with Crippen LogP contribution in [0.1, 0.15) is 17.7 Å². The van der Waals surface area contributed by atoms with Gasteiger partial charge in [-0.25, -0.2) is 0 Å². The summed E-state index contributed by atoms with van der Waals surface area (Å²) in [6, 6.07) is 51.0. The van der Waals surface area contributed by atoms with Crippen LogP contribution in [0.4, 0.5) is 0 Å². The maximum atomic E-state index is 5.38. The minimum Gasteiger partial charge on any atom is -0.309 e. The van der Waals surface area contributed by atoms with Crippen molar-refractivity contribution in [2.75, 3.05) is 0 Å². The molecule has 0 bridgehead atoms. The first-order valence-electron chi connectivity index (χ1n) is 17.6. The number of benzene rings is 6. The van der Waals surface area contributed by atoms with E-state index < -0.39 is 0 Å². The van der Waals surface area contributed by atoms with E-state index in [4.69, 9.17) is 15.0 Å². The third-order valence-corrected chi connectivity index (χ3v) is 10.3. The monoisotopic (exact) mass is 666 g/mol. The highest BCUT2D eigenvalue weighted by Crippen LogP contribution is 2.38. The van der Waals surface area contributed by atoms with Crippen molar-refractivity contribution in [3.8, 4) is 29.0 Å². The number of rotatable bonds is 4. The van der Waals surface area contributed by atoms with Crippen LogP contribution >= 0.6 is 0 Å². The van der Waals surface area contributed by atoms with Crippen LogP contribution in [0.5, 0.6) is 0 Å². The fourth-order valence-electron chi connectivity index (χ4n) is 8.14. The topological polar surface area (TPSA) is 53.5 Å². The van der Waals surface area contributed by atoms with Crippen LogP contribution in [-0.2, 0) is 0 Å². The molecule has 0 N–H and O–H groups in total. The van der Waals surface area contributed by atoms with Crippen LogP contribution in [-0.4, -0.2) is 28.7 Å². The molecular formula is C46H30N6. The minimum absolute atomic E-state index is 0.563. The van der Waals surface area contributed by atoms with Gasteiger partial charge in [-0.3, -0.25) is 9.13 Å². The zero-order valence-electron chi connectivity index (χ0n) is 28.1. The van der Waals surface area contributed by atoms with E-state index in [-0.39, 0.29) is 0 Å². The molecule has 52 heavy (non-hydrogen) atoms. The number of aromatic nitrogens is 6. The van der Waals surface area contributed by atoms with Crippen LogP contribution in [0.2, 0.25) is 0 Å². The maximum Gasteiger partial charge on any atom is 0.240 e. The fourth-order valence-corrected chi connectivity index (χ4v) is 8.14. The van der Waals surface area contributed by atoms with E-state index in [2.05, 4.69) is 184 Å². The smallest absolute Gasteiger partial charge is 0.240 e. The van der Waals surface area contributed by atoms with Gasteiger partial charge in [0.25, 0.3) is 0 Å². The van der Waals surface area contributed by atoms with Crippen LogP contribution in [0.25, 0.3) is 95.6 Å². The van der Waals surface area contributed by atoms with Gasteiger partial charge in [-0.1, -0.05) is 121 Å². The quantitative estimate of drug-likeness (QED) is 0.188. The Morgan fingerprint density at radius 3 is 1.35 bits per heavy atom. The average Bonchev–Trinajstić information content (AvgIpc) is 3.75. The summed E-state index contributed by atoms with van der Waals surface area (Å²) < 4.78 is 6.72. The zero-order valence-corrected chi connectivity index (χ0v) is 28.1. The van der Waals surface area contributed by atoms with E-state index in [0.717, 1.165) is 72.5 Å². The van der Waals surface area contributed by atoms with Crippen molar-refractivity contribution in [3.63, 3.8) is 0 Å². The molecular weight excluding hydrogens is 637 g/mol. The molecule has 0 fully saturated rings. The van der Waals surface area contributed by atoms with Crippen LogP contribution < -0.4 is 0 Å². The molecule has 0 saturated heterocycles. The molecule has 4 heterocycles. The summed E-state index contributed by atoms with van der Waals surface area (Å²) in [5, 5.41) is 5.82. The molecule has 0 spiro atoms. The van der Waals surface area contributed by atoms with E-state index >= 15 is 0 Å². The Morgan fingerprint density at radius 1 is 0.385 bits per heavy atom. The Kier molecular flexibility index (Phi) is 6.21. The minimum atomic E-state index is 0.563. The lowest BCUT2D eigenvalue weighted by Crippen LogP contribution is -2.11. The fraction of sp³-hybridized carbons (Fsp3) is 0.0217. The molecule has 4 aromatic heterocycles. The highest BCUT2D eigenvalue weighted by atomic mass is 15.3. The second-order valence-corrected chi connectivity index (χ2v) is 13.2. The number of fused-ring (bicyclic) bond motifs is 9. The molecule has 11 rings (SSSR count). The molecule has 0 radical (unpaired) electrons. The van der Waals surface area contributed by atoms with Crippen LogP contribution in [0, 0.1) is 0 Å². The van der Waals surface area contributed by atoms with Crippen molar-refractivity contribution in [2.24, 2.45) is 0 Å². The third-order valence-electron chi connectivity index (χ3n) is 10.3. The van der Waals surface area contributed by atoms with Gasteiger partial charge >= 0.3 is 0 Å². The predicted molar refractivity (Wildman–Crippen MR) is 213 cm³/mol. The summed E-state index contributed by atoms with van der Waals surface area (Å²) >= 11 is 0. The van der Waals surface area contributed by atoms with Crippen molar-refractivity contribution in [1.29, 1.82) is 0 Å². The number of allylic oxidation sites excluding steroid dienone is 2. The Morgan fingerprint density at radius 2 is 0.808 bits per heavy atom. The first-order valence-corrected chi connectivity index (χ1v) is 17.6. The van der Waals surface area contributed by atoms with Gasteiger partial charge in [-0.05, 0) is 55.0 Å². The highest BCUT2D eigenvalue weighted by molar-refractivity contribution is 6.10. The average molecular weight is 667 g/mol. The van der Waals surface area contributed by atoms with Gasteiger partial charge in [0.1, 0.15) is 0 Å². The van der Waals surface area contributed by atoms with Crippen molar-refractivity contribution in [3.05, 3.63) is 169 Å². The maximum absolute atomic E-state index is 5.38. The van der Waals surface area contributed by atoms with Gasteiger partial charge in [-0.15, -0.1) is 0 Å². The summed E-state index contributed by atoms with van der Waals surface area (Å²) in [5.41, 5.74) is 9.58. The molecule has 1 aliphatic rings. The van der Waals surface area contributed by atoms with Gasteiger partial charge in [0.15, 0.2) is 5.82 Å². The summed E-state index contributed by atoms with van der Waals surface area (Å²) in [4.78, 5) is 16.1. The summed E-state index contributed by atoms with van der Waals surface area (Å²) in [7, 11) is 0. The Hall–Kier alpha value is -7.05. The van der Waals surface area contributed by atoms with Gasteiger partial charge < -0.3 is 4.57 Å². The number of para-hydroxylation sites is 6. The van der Waals surface area contributed by atoms with Gasteiger partial charge in [0, 0.05) is 38.1 Å². The Labute approximate surface area is 298 Å². The molecule has 6 aromatic carbocycles. The standard InChI is InChI=1S/C46H30N6/c1-2-16-30-31-17-4-10-24-38(31)50(37(30)23-3-1)43-29-15-9-22-36(43)44-47-45(51-39-25-11-5-18-32(39)33-19-6-12-26-40(33)51)49-46(48-44)52-41-27-13-7-20-34(41)35-21-8-14-28-42(35)52/h2-29H,1H2. The lowest BCUT2D eigenvalue weighted by atomic mass is 10.1. The van der Waals surface area contributed by atoms with Crippen molar-refractivity contribution in [2.45, 2.75) is 6.42 Å². The first kappa shape index (κ1) is 28.8. The largest absolute Gasteiger partial charge is 0.309 e. The van der Waals surface area contributed by atoms with Crippen LogP contribution in [0.15, 0.2) is 158 Å². The zero-order chi connectivity index (χ0) is 34.2. The van der Waals surface area contributed by atoms with Gasteiger partial charge in [0.05, 0.1) is 39.0 Å². The molecule has 244 valence electrons. The molecule has 6 nitrogen and oxygen atoms in total. The summed E-state index contributed by atoms with van der Waals surface area (Å²) in [6.07, 6.45) is 9.84. The summed E-state index contributed by atoms with van der Waals surface area (Å²) in [6.45, 7) is 0. The van der Waals surface area contributed by atoms with E-state index in [0.29, 0.717) is 17.7 Å². The highest BCUT2D eigenvalue weighted by Gasteiger charge is 2.23. The number of hydrogen-bond acceptors (Lipinski definition) is 3. The van der Waals surface area contributed by atoms with Crippen molar-refractivity contribution < 1.29 is 0 Å². The summed E-state index contributed by atoms with van der Waals surface area (Å²) in [5.74, 6) is 1.72. The second kappa shape index (κ2) is 11.2. The first-order chi connectivity index (χ1) is 25.8. The lowest BCUT2D eigenvalue weighted by molar-refractivity contribution is 0.891. The van der Waals surface area contributed by atoms with Crippen molar-refractivity contribution >= 4 is 66.7 Å². The Balaban J connectivity index is 1.26. The van der Waals surface area contributed by atoms with Gasteiger partial charge in [0.2, 0.25) is 11.9 Å². The van der Waals surface area contributed by atoms with E-state index in [9.17, 15) is 0 Å². The third kappa shape index (κ3) is 4.15. The molecule has 0 atom stereocenters. The SMILES string of the molecule is C1=Cc2c(n(-c3ccccc3-c3nc(-n4c5ccccc5c5ccccc54)nc(-n4c5ccccc5c5ccccc54)n3)c3ccccc23)C=CC1.